The van der Waals surface area contributed by atoms with Crippen LogP contribution >= 0.6 is 11.6 Å². The van der Waals surface area contributed by atoms with Gasteiger partial charge in [0.05, 0.1) is 12.7 Å². The van der Waals surface area contributed by atoms with E-state index in [0.717, 1.165) is 24.2 Å². The normalized spacial score (nSPS) is 13.7. The van der Waals surface area contributed by atoms with Crippen LogP contribution in [0.25, 0.3) is 0 Å². The highest BCUT2D eigenvalue weighted by atomic mass is 35.5. The molecule has 1 fully saturated rings. The molecule has 0 radical (unpaired) electrons. The zero-order valence-electron chi connectivity index (χ0n) is 12.3. The number of aromatic nitrogens is 1. The minimum absolute atomic E-state index is 0.00230. The number of amides is 1. The number of hydrogen-bond acceptors (Lipinski definition) is 3. The predicted molar refractivity (Wildman–Crippen MR) is 85.1 cm³/mol. The number of ether oxygens (including phenoxy) is 1. The molecule has 1 aromatic carbocycles. The topological polar surface area (TPSA) is 42.4 Å². The minimum Gasteiger partial charge on any atom is -0.497 e. The summed E-state index contributed by atoms with van der Waals surface area (Å²) >= 11 is 5.78. The van der Waals surface area contributed by atoms with Crippen LogP contribution in [0.3, 0.4) is 0 Å². The Kier molecular flexibility index (Phi) is 4.29. The summed E-state index contributed by atoms with van der Waals surface area (Å²) in [6, 6.07) is 11.5. The maximum atomic E-state index is 12.7. The predicted octanol–water partition coefficient (Wildman–Crippen LogP) is 3.55. The van der Waals surface area contributed by atoms with Crippen LogP contribution in [0.2, 0.25) is 5.15 Å². The quantitative estimate of drug-likeness (QED) is 0.792. The van der Waals surface area contributed by atoms with Crippen molar-refractivity contribution in [3.63, 3.8) is 0 Å². The Morgan fingerprint density at radius 2 is 2.00 bits per heavy atom. The molecule has 0 N–H and O–H groups in total. The summed E-state index contributed by atoms with van der Waals surface area (Å²) in [5.41, 5.74) is 1.66. The summed E-state index contributed by atoms with van der Waals surface area (Å²) in [5, 5.41) is 0.393. The van der Waals surface area contributed by atoms with Gasteiger partial charge in [-0.05, 0) is 42.7 Å². The van der Waals surface area contributed by atoms with Gasteiger partial charge in [-0.25, -0.2) is 4.98 Å². The van der Waals surface area contributed by atoms with Gasteiger partial charge in [-0.15, -0.1) is 0 Å². The second kappa shape index (κ2) is 6.36. The summed E-state index contributed by atoms with van der Waals surface area (Å²) < 4.78 is 5.16. The standard InChI is InChI=1S/C17H17ClN2O2/c1-22-15-7-2-12(3-8-15)11-20(14-5-6-14)17(21)13-4-9-16(18)19-10-13/h2-4,7-10,14H,5-6,11H2,1H3. The van der Waals surface area contributed by atoms with Crippen LogP contribution in [0, 0.1) is 0 Å². The fraction of sp³-hybridized carbons (Fsp3) is 0.294. The van der Waals surface area contributed by atoms with Crippen LogP contribution < -0.4 is 4.74 Å². The van der Waals surface area contributed by atoms with Crippen molar-refractivity contribution < 1.29 is 9.53 Å². The first-order valence-corrected chi connectivity index (χ1v) is 7.60. The van der Waals surface area contributed by atoms with Gasteiger partial charge in [0.1, 0.15) is 10.9 Å². The van der Waals surface area contributed by atoms with Crippen LogP contribution in [0.15, 0.2) is 42.6 Å². The molecule has 114 valence electrons. The number of hydrogen-bond donors (Lipinski definition) is 0. The van der Waals surface area contributed by atoms with Crippen molar-refractivity contribution in [2.45, 2.75) is 25.4 Å². The number of benzene rings is 1. The van der Waals surface area contributed by atoms with Crippen LogP contribution in [0.4, 0.5) is 0 Å². The average molecular weight is 317 g/mol. The van der Waals surface area contributed by atoms with E-state index in [0.29, 0.717) is 23.3 Å². The van der Waals surface area contributed by atoms with Gasteiger partial charge in [0, 0.05) is 18.8 Å². The van der Waals surface area contributed by atoms with Crippen molar-refractivity contribution in [3.8, 4) is 5.75 Å². The average Bonchev–Trinajstić information content (AvgIpc) is 3.38. The molecule has 1 amide bonds. The molecule has 1 aliphatic rings. The van der Waals surface area contributed by atoms with E-state index in [1.165, 1.54) is 6.20 Å². The highest BCUT2D eigenvalue weighted by Crippen LogP contribution is 2.30. The van der Waals surface area contributed by atoms with Gasteiger partial charge in [-0.1, -0.05) is 23.7 Å². The smallest absolute Gasteiger partial charge is 0.255 e. The monoisotopic (exact) mass is 316 g/mol. The Hall–Kier alpha value is -2.07. The molecular formula is C17H17ClN2O2. The van der Waals surface area contributed by atoms with Gasteiger partial charge in [0.15, 0.2) is 0 Å². The summed E-state index contributed by atoms with van der Waals surface area (Å²) in [4.78, 5) is 18.6. The molecule has 0 unspecified atom stereocenters. The molecule has 1 heterocycles. The number of nitrogens with zero attached hydrogens (tertiary/aromatic N) is 2. The van der Waals surface area contributed by atoms with E-state index in [9.17, 15) is 4.79 Å². The van der Waals surface area contributed by atoms with Gasteiger partial charge >= 0.3 is 0 Å². The van der Waals surface area contributed by atoms with Crippen LogP contribution in [0.1, 0.15) is 28.8 Å². The third-order valence-electron chi connectivity index (χ3n) is 3.73. The minimum atomic E-state index is 0.00230. The number of halogens is 1. The van der Waals surface area contributed by atoms with Crippen LogP contribution in [0.5, 0.6) is 5.75 Å². The number of methoxy groups -OCH3 is 1. The molecule has 0 saturated heterocycles. The van der Waals surface area contributed by atoms with Gasteiger partial charge in [0.25, 0.3) is 5.91 Å². The highest BCUT2D eigenvalue weighted by Gasteiger charge is 2.33. The van der Waals surface area contributed by atoms with Crippen molar-refractivity contribution in [2.75, 3.05) is 7.11 Å². The molecule has 0 spiro atoms. The Morgan fingerprint density at radius 1 is 1.27 bits per heavy atom. The van der Waals surface area contributed by atoms with E-state index >= 15 is 0 Å². The molecule has 1 saturated carbocycles. The molecule has 4 nitrogen and oxygen atoms in total. The lowest BCUT2D eigenvalue weighted by atomic mass is 10.1. The molecule has 2 aromatic rings. The molecular weight excluding hydrogens is 300 g/mol. The molecule has 0 atom stereocenters. The largest absolute Gasteiger partial charge is 0.497 e. The molecule has 0 bridgehead atoms. The Balaban J connectivity index is 1.77. The third-order valence-corrected chi connectivity index (χ3v) is 3.96. The second-order valence-corrected chi connectivity index (χ2v) is 5.77. The van der Waals surface area contributed by atoms with Crippen molar-refractivity contribution >= 4 is 17.5 Å². The fourth-order valence-electron chi connectivity index (χ4n) is 2.35. The maximum absolute atomic E-state index is 12.7. The van der Waals surface area contributed by atoms with Gasteiger partial charge in [0.2, 0.25) is 0 Å². The molecule has 1 aliphatic carbocycles. The zero-order valence-corrected chi connectivity index (χ0v) is 13.1. The van der Waals surface area contributed by atoms with Gasteiger partial charge < -0.3 is 9.64 Å². The molecule has 5 heteroatoms. The van der Waals surface area contributed by atoms with E-state index in [-0.39, 0.29) is 5.91 Å². The lowest BCUT2D eigenvalue weighted by molar-refractivity contribution is 0.0729. The molecule has 1 aromatic heterocycles. The highest BCUT2D eigenvalue weighted by molar-refractivity contribution is 6.29. The number of carbonyl (C=O) groups excluding carboxylic acids is 1. The number of rotatable bonds is 5. The van der Waals surface area contributed by atoms with Crippen molar-refractivity contribution in [1.82, 2.24) is 9.88 Å². The summed E-state index contributed by atoms with van der Waals surface area (Å²) in [6.07, 6.45) is 3.65. The van der Waals surface area contributed by atoms with Gasteiger partial charge in [-0.3, -0.25) is 4.79 Å². The number of carbonyl (C=O) groups is 1. The van der Waals surface area contributed by atoms with E-state index in [2.05, 4.69) is 4.98 Å². The summed E-state index contributed by atoms with van der Waals surface area (Å²) in [5.74, 6) is 0.817. The van der Waals surface area contributed by atoms with Crippen LogP contribution in [-0.2, 0) is 6.54 Å². The first-order chi connectivity index (χ1) is 10.7. The zero-order chi connectivity index (χ0) is 15.5. The van der Waals surface area contributed by atoms with Crippen molar-refractivity contribution in [1.29, 1.82) is 0 Å². The third kappa shape index (κ3) is 3.39. The molecule has 22 heavy (non-hydrogen) atoms. The summed E-state index contributed by atoms with van der Waals surface area (Å²) in [7, 11) is 1.64. The van der Waals surface area contributed by atoms with Crippen molar-refractivity contribution in [3.05, 3.63) is 58.9 Å². The second-order valence-electron chi connectivity index (χ2n) is 5.38. The Bertz CT molecular complexity index is 651. The maximum Gasteiger partial charge on any atom is 0.255 e. The van der Waals surface area contributed by atoms with Crippen LogP contribution in [-0.4, -0.2) is 28.9 Å². The first-order valence-electron chi connectivity index (χ1n) is 7.23. The van der Waals surface area contributed by atoms with E-state index < -0.39 is 0 Å². The van der Waals surface area contributed by atoms with E-state index in [1.54, 1.807) is 19.2 Å². The SMILES string of the molecule is COc1ccc(CN(C(=O)c2ccc(Cl)nc2)C2CC2)cc1. The molecule has 3 rings (SSSR count). The van der Waals surface area contributed by atoms with Gasteiger partial charge in [-0.2, -0.15) is 0 Å². The fourth-order valence-corrected chi connectivity index (χ4v) is 2.46. The Morgan fingerprint density at radius 3 is 2.55 bits per heavy atom. The first kappa shape index (κ1) is 14.9. The lowest BCUT2D eigenvalue weighted by Gasteiger charge is -2.22. The molecule has 0 aliphatic heterocycles. The lowest BCUT2D eigenvalue weighted by Crippen LogP contribution is -2.32. The van der Waals surface area contributed by atoms with E-state index in [1.807, 2.05) is 29.2 Å². The van der Waals surface area contributed by atoms with Crippen molar-refractivity contribution in [2.24, 2.45) is 0 Å². The number of pyridine rings is 1. The summed E-state index contributed by atoms with van der Waals surface area (Å²) in [6.45, 7) is 0.593. The Labute approximate surface area is 134 Å². The van der Waals surface area contributed by atoms with E-state index in [4.69, 9.17) is 16.3 Å².